The maximum Gasteiger partial charge on any atom is 0.256 e. The fourth-order valence-corrected chi connectivity index (χ4v) is 4.82. The van der Waals surface area contributed by atoms with Crippen LogP contribution in [0.2, 0.25) is 0 Å². The Morgan fingerprint density at radius 3 is 1.42 bits per heavy atom. The van der Waals surface area contributed by atoms with E-state index in [1.165, 1.54) is 141 Å². The van der Waals surface area contributed by atoms with E-state index >= 15 is 0 Å². The molecule has 1 heterocycles. The molecule has 0 aliphatic rings. The van der Waals surface area contributed by atoms with Crippen LogP contribution < -0.4 is 4.57 Å². The van der Waals surface area contributed by atoms with Gasteiger partial charge in [0.05, 0.1) is 13.1 Å². The van der Waals surface area contributed by atoms with Crippen LogP contribution in [0.5, 0.6) is 0 Å². The van der Waals surface area contributed by atoms with Crippen molar-refractivity contribution in [1.82, 2.24) is 4.57 Å². The zero-order valence-corrected chi connectivity index (χ0v) is 21.8. The predicted octanol–water partition coefficient (Wildman–Crippen LogP) is 9.18. The molecule has 0 aliphatic carbocycles. The highest BCUT2D eigenvalue weighted by Crippen LogP contribution is 2.13. The molecule has 0 aromatic carbocycles. The molecule has 0 unspecified atom stereocenters. The Labute approximate surface area is 196 Å². The van der Waals surface area contributed by atoms with Crippen LogP contribution in [-0.2, 0) is 19.5 Å². The van der Waals surface area contributed by atoms with E-state index in [1.807, 2.05) is 0 Å². The molecule has 0 saturated carbocycles. The number of hydrogen-bond donors (Lipinski definition) is 0. The molecular formula is C29H57N2+. The topological polar surface area (TPSA) is 8.81 Å². The second-order valence-corrected chi connectivity index (χ2v) is 9.81. The van der Waals surface area contributed by atoms with Gasteiger partial charge in [0.15, 0.2) is 0 Å². The zero-order chi connectivity index (χ0) is 22.4. The number of imidazole rings is 1. The summed E-state index contributed by atoms with van der Waals surface area (Å²) < 4.78 is 5.01. The van der Waals surface area contributed by atoms with Crippen LogP contribution in [0.25, 0.3) is 0 Å². The van der Waals surface area contributed by atoms with E-state index in [2.05, 4.69) is 42.3 Å². The van der Waals surface area contributed by atoms with Gasteiger partial charge in [0.25, 0.3) is 5.82 Å². The van der Waals surface area contributed by atoms with Gasteiger partial charge in [-0.2, -0.15) is 0 Å². The van der Waals surface area contributed by atoms with E-state index in [9.17, 15) is 0 Å². The van der Waals surface area contributed by atoms with Crippen molar-refractivity contribution in [2.75, 3.05) is 0 Å². The third-order valence-electron chi connectivity index (χ3n) is 6.94. The Bertz CT molecular complexity index is 491. The monoisotopic (exact) mass is 433 g/mol. The number of hydrogen-bond acceptors (Lipinski definition) is 0. The van der Waals surface area contributed by atoms with Crippen molar-refractivity contribution in [3.8, 4) is 0 Å². The van der Waals surface area contributed by atoms with Crippen LogP contribution >= 0.6 is 0 Å². The molecule has 1 aromatic heterocycles. The Morgan fingerprint density at radius 1 is 0.548 bits per heavy atom. The zero-order valence-electron chi connectivity index (χ0n) is 21.8. The van der Waals surface area contributed by atoms with Gasteiger partial charge in [-0.1, -0.05) is 123 Å². The molecule has 0 bridgehead atoms. The van der Waals surface area contributed by atoms with E-state index in [0.717, 1.165) is 6.54 Å². The average Bonchev–Trinajstić information content (AvgIpc) is 3.18. The Kier molecular flexibility index (Phi) is 19.2. The van der Waals surface area contributed by atoms with Gasteiger partial charge in [0.2, 0.25) is 0 Å². The molecule has 182 valence electrons. The van der Waals surface area contributed by atoms with Gasteiger partial charge in [-0.15, -0.1) is 0 Å². The minimum Gasteiger partial charge on any atom is -0.235 e. The molecule has 0 N–H and O–H groups in total. The van der Waals surface area contributed by atoms with Gasteiger partial charge in [-0.25, -0.2) is 9.13 Å². The van der Waals surface area contributed by atoms with Crippen molar-refractivity contribution in [2.45, 2.75) is 169 Å². The van der Waals surface area contributed by atoms with Gasteiger partial charge in [0.1, 0.15) is 12.4 Å². The third-order valence-corrected chi connectivity index (χ3v) is 6.94. The Morgan fingerprint density at radius 2 is 0.968 bits per heavy atom. The standard InChI is InChI=1S/C29H57N2/c1-4-7-9-11-12-13-14-15-16-17-18-19-20-22-24-26-31-28-27-30(6-3)29(31)25-23-21-10-8-5-2/h27-28H,4-26H2,1-3H3/q+1. The summed E-state index contributed by atoms with van der Waals surface area (Å²) >= 11 is 0. The van der Waals surface area contributed by atoms with Gasteiger partial charge in [0, 0.05) is 6.42 Å². The van der Waals surface area contributed by atoms with Crippen molar-refractivity contribution < 1.29 is 4.57 Å². The fourth-order valence-electron chi connectivity index (χ4n) is 4.82. The van der Waals surface area contributed by atoms with Crippen LogP contribution in [0.15, 0.2) is 12.4 Å². The van der Waals surface area contributed by atoms with Gasteiger partial charge in [-0.3, -0.25) is 0 Å². The van der Waals surface area contributed by atoms with E-state index < -0.39 is 0 Å². The molecule has 0 amide bonds. The highest BCUT2D eigenvalue weighted by molar-refractivity contribution is 4.83. The highest BCUT2D eigenvalue weighted by atomic mass is 15.1. The average molecular weight is 434 g/mol. The van der Waals surface area contributed by atoms with Crippen LogP contribution in [0.1, 0.15) is 155 Å². The maximum absolute atomic E-state index is 2.55. The smallest absolute Gasteiger partial charge is 0.235 e. The molecule has 0 spiro atoms. The van der Waals surface area contributed by atoms with Crippen molar-refractivity contribution in [3.05, 3.63) is 18.2 Å². The van der Waals surface area contributed by atoms with E-state index in [0.29, 0.717) is 0 Å². The first kappa shape index (κ1) is 28.2. The Hall–Kier alpha value is -0.790. The minimum absolute atomic E-state index is 1.11. The van der Waals surface area contributed by atoms with E-state index in [4.69, 9.17) is 0 Å². The number of aryl methyl sites for hydroxylation is 2. The lowest BCUT2D eigenvalue weighted by molar-refractivity contribution is -0.704. The summed E-state index contributed by atoms with van der Waals surface area (Å²) in [5.74, 6) is 1.56. The predicted molar refractivity (Wildman–Crippen MR) is 138 cm³/mol. The largest absolute Gasteiger partial charge is 0.256 e. The van der Waals surface area contributed by atoms with Crippen molar-refractivity contribution in [1.29, 1.82) is 0 Å². The first-order valence-electron chi connectivity index (χ1n) is 14.4. The SMILES string of the molecule is CCCCCCCCCCCCCCCCC[n+]1ccn(CC)c1CCCCCCC. The number of aromatic nitrogens is 2. The summed E-state index contributed by atoms with van der Waals surface area (Å²) in [5, 5.41) is 0. The molecule has 1 rings (SSSR count). The summed E-state index contributed by atoms with van der Waals surface area (Å²) in [6.07, 6.45) is 34.4. The van der Waals surface area contributed by atoms with Crippen LogP contribution in [0.4, 0.5) is 0 Å². The fraction of sp³-hybridized carbons (Fsp3) is 0.897. The summed E-state index contributed by atoms with van der Waals surface area (Å²) in [5.41, 5.74) is 0. The molecule has 0 aliphatic heterocycles. The van der Waals surface area contributed by atoms with Gasteiger partial charge >= 0.3 is 0 Å². The van der Waals surface area contributed by atoms with Gasteiger partial charge < -0.3 is 0 Å². The number of nitrogens with zero attached hydrogens (tertiary/aromatic N) is 2. The quantitative estimate of drug-likeness (QED) is 0.120. The lowest BCUT2D eigenvalue weighted by atomic mass is 10.0. The number of unbranched alkanes of at least 4 members (excludes halogenated alkanes) is 18. The molecular weight excluding hydrogens is 376 g/mol. The minimum atomic E-state index is 1.11. The molecule has 31 heavy (non-hydrogen) atoms. The Balaban J connectivity index is 1.99. The molecule has 2 nitrogen and oxygen atoms in total. The van der Waals surface area contributed by atoms with Crippen molar-refractivity contribution in [3.63, 3.8) is 0 Å². The van der Waals surface area contributed by atoms with Crippen LogP contribution in [0.3, 0.4) is 0 Å². The second-order valence-electron chi connectivity index (χ2n) is 9.81. The van der Waals surface area contributed by atoms with Crippen molar-refractivity contribution >= 4 is 0 Å². The lowest BCUT2D eigenvalue weighted by Gasteiger charge is -2.05. The van der Waals surface area contributed by atoms with E-state index in [1.54, 1.807) is 5.82 Å². The van der Waals surface area contributed by atoms with Crippen LogP contribution in [0, 0.1) is 0 Å². The van der Waals surface area contributed by atoms with Crippen LogP contribution in [-0.4, -0.2) is 4.57 Å². The van der Waals surface area contributed by atoms with Gasteiger partial charge in [-0.05, 0) is 26.2 Å². The normalized spacial score (nSPS) is 11.5. The number of rotatable bonds is 23. The molecule has 0 radical (unpaired) electrons. The van der Waals surface area contributed by atoms with E-state index in [-0.39, 0.29) is 0 Å². The molecule has 0 saturated heterocycles. The highest BCUT2D eigenvalue weighted by Gasteiger charge is 2.15. The molecule has 1 aromatic rings. The first-order chi connectivity index (χ1) is 15.3. The third kappa shape index (κ3) is 14.8. The summed E-state index contributed by atoms with van der Waals surface area (Å²) in [6, 6.07) is 0. The molecule has 0 atom stereocenters. The first-order valence-corrected chi connectivity index (χ1v) is 14.4. The lowest BCUT2D eigenvalue weighted by Crippen LogP contribution is -2.37. The molecule has 2 heteroatoms. The van der Waals surface area contributed by atoms with Crippen molar-refractivity contribution in [2.24, 2.45) is 0 Å². The molecule has 0 fully saturated rings. The maximum atomic E-state index is 2.55. The summed E-state index contributed by atoms with van der Waals surface area (Å²) in [7, 11) is 0. The second kappa shape index (κ2) is 21.1. The summed E-state index contributed by atoms with van der Waals surface area (Å²) in [6.45, 7) is 9.20. The summed E-state index contributed by atoms with van der Waals surface area (Å²) in [4.78, 5) is 0.